The van der Waals surface area contributed by atoms with Gasteiger partial charge >= 0.3 is 5.97 Å². The first-order valence-corrected chi connectivity index (χ1v) is 10.7. The predicted octanol–water partition coefficient (Wildman–Crippen LogP) is 4.62. The molecule has 1 aromatic heterocycles. The number of benzene rings is 2. The second-order valence-corrected chi connectivity index (χ2v) is 8.37. The Bertz CT molecular complexity index is 1170. The van der Waals surface area contributed by atoms with Crippen LogP contribution in [0, 0.1) is 0 Å². The Morgan fingerprint density at radius 1 is 1.06 bits per heavy atom. The van der Waals surface area contributed by atoms with Gasteiger partial charge in [0, 0.05) is 34.2 Å². The molecule has 2 heterocycles. The first-order valence-electron chi connectivity index (χ1n) is 10.3. The highest BCUT2D eigenvalue weighted by atomic mass is 35.5. The third-order valence-electron chi connectivity index (χ3n) is 5.84. The largest absolute Gasteiger partial charge is 0.480 e. The van der Waals surface area contributed by atoms with E-state index in [0.29, 0.717) is 58.7 Å². The van der Waals surface area contributed by atoms with Crippen LogP contribution in [0.2, 0.25) is 5.02 Å². The van der Waals surface area contributed by atoms with Gasteiger partial charge in [0.1, 0.15) is 6.04 Å². The van der Waals surface area contributed by atoms with Crippen LogP contribution in [0.3, 0.4) is 0 Å². The number of aromatic nitrogens is 2. The number of carboxylic acids is 1. The Labute approximate surface area is 183 Å². The zero-order chi connectivity index (χ0) is 21.5. The van der Waals surface area contributed by atoms with Gasteiger partial charge in [-0.15, -0.1) is 0 Å². The highest BCUT2D eigenvalue weighted by molar-refractivity contribution is 6.33. The zero-order valence-electron chi connectivity index (χ0n) is 16.6. The smallest absolute Gasteiger partial charge is 0.326 e. The number of hydrogen-bond donors (Lipinski definition) is 1. The van der Waals surface area contributed by atoms with Gasteiger partial charge in [-0.2, -0.15) is 4.98 Å². The number of carbonyl (C=O) groups excluding carboxylic acids is 1. The Kier molecular flexibility index (Phi) is 4.98. The lowest BCUT2D eigenvalue weighted by molar-refractivity contribution is -0.141. The van der Waals surface area contributed by atoms with Gasteiger partial charge in [0.25, 0.3) is 5.91 Å². The highest BCUT2D eigenvalue weighted by Gasteiger charge is 2.35. The maximum Gasteiger partial charge on any atom is 0.326 e. The molecule has 1 unspecified atom stereocenters. The second-order valence-electron chi connectivity index (χ2n) is 7.97. The lowest BCUT2D eigenvalue weighted by Gasteiger charge is -2.22. The number of carbonyl (C=O) groups is 2. The van der Waals surface area contributed by atoms with Gasteiger partial charge in [0.15, 0.2) is 0 Å². The van der Waals surface area contributed by atoms with Crippen LogP contribution in [0.4, 0.5) is 0 Å². The fourth-order valence-electron chi connectivity index (χ4n) is 4.05. The molecular formula is C23H20ClN3O4. The van der Waals surface area contributed by atoms with Crippen LogP contribution in [0.25, 0.3) is 22.5 Å². The van der Waals surface area contributed by atoms with E-state index in [2.05, 4.69) is 10.1 Å². The van der Waals surface area contributed by atoms with E-state index < -0.39 is 12.0 Å². The number of halogens is 1. The molecule has 2 aliphatic rings. The number of aliphatic carboxylic acids is 1. The summed E-state index contributed by atoms with van der Waals surface area (Å²) in [5, 5.41) is 14.1. The van der Waals surface area contributed by atoms with Crippen molar-refractivity contribution in [2.45, 2.75) is 37.6 Å². The van der Waals surface area contributed by atoms with E-state index in [1.54, 1.807) is 24.3 Å². The molecule has 2 fully saturated rings. The van der Waals surface area contributed by atoms with Crippen molar-refractivity contribution < 1.29 is 19.2 Å². The van der Waals surface area contributed by atoms with Crippen LogP contribution in [0.15, 0.2) is 47.0 Å². The number of nitrogens with zero attached hydrogens (tertiary/aromatic N) is 3. The summed E-state index contributed by atoms with van der Waals surface area (Å²) in [6, 6.07) is 11.8. The molecule has 0 spiro atoms. The lowest BCUT2D eigenvalue weighted by Crippen LogP contribution is -2.40. The number of amides is 1. The molecule has 8 heteroatoms. The Hall–Kier alpha value is -3.19. The second kappa shape index (κ2) is 7.81. The standard InChI is InChI=1S/C23H20ClN3O4/c24-18-5-2-1-4-15(18)17-12-14(22(28)27-11-3-6-19(27)23(29)30)9-10-16(17)20-25-21(31-26-20)13-7-8-13/h1-2,4-5,9-10,12-13,19H,3,6-8,11H2,(H,29,30). The molecule has 1 saturated carbocycles. The van der Waals surface area contributed by atoms with E-state index in [0.717, 1.165) is 18.4 Å². The van der Waals surface area contributed by atoms with Crippen molar-refractivity contribution in [1.82, 2.24) is 15.0 Å². The maximum absolute atomic E-state index is 13.2. The van der Waals surface area contributed by atoms with Crippen molar-refractivity contribution in [1.29, 1.82) is 0 Å². The molecule has 1 N–H and O–H groups in total. The van der Waals surface area contributed by atoms with Crippen molar-refractivity contribution in [3.8, 4) is 22.5 Å². The molecule has 7 nitrogen and oxygen atoms in total. The summed E-state index contributed by atoms with van der Waals surface area (Å²) in [5.74, 6) is 0.112. The van der Waals surface area contributed by atoms with E-state index in [-0.39, 0.29) is 5.91 Å². The quantitative estimate of drug-likeness (QED) is 0.625. The van der Waals surface area contributed by atoms with Gasteiger partial charge in [-0.25, -0.2) is 4.79 Å². The average molecular weight is 438 g/mol. The van der Waals surface area contributed by atoms with Crippen molar-refractivity contribution >= 4 is 23.5 Å². The molecule has 1 saturated heterocycles. The molecule has 0 bridgehead atoms. The van der Waals surface area contributed by atoms with Crippen LogP contribution in [0.1, 0.15) is 47.8 Å². The van der Waals surface area contributed by atoms with E-state index in [9.17, 15) is 14.7 Å². The van der Waals surface area contributed by atoms with Gasteiger partial charge in [0.05, 0.1) is 0 Å². The maximum atomic E-state index is 13.2. The van der Waals surface area contributed by atoms with Gasteiger partial charge < -0.3 is 14.5 Å². The van der Waals surface area contributed by atoms with Crippen LogP contribution in [-0.2, 0) is 4.79 Å². The van der Waals surface area contributed by atoms with E-state index in [1.807, 2.05) is 18.2 Å². The van der Waals surface area contributed by atoms with Crippen molar-refractivity contribution in [3.63, 3.8) is 0 Å². The molecule has 2 aromatic carbocycles. The SMILES string of the molecule is O=C(O)C1CCCN1C(=O)c1ccc(-c2noc(C3CC3)n2)c(-c2ccccc2Cl)c1. The third-order valence-corrected chi connectivity index (χ3v) is 6.17. The van der Waals surface area contributed by atoms with Crippen molar-refractivity contribution in [2.75, 3.05) is 6.54 Å². The fourth-order valence-corrected chi connectivity index (χ4v) is 4.29. The molecular weight excluding hydrogens is 418 g/mol. The molecule has 3 aromatic rings. The lowest BCUT2D eigenvalue weighted by atomic mass is 9.96. The summed E-state index contributed by atoms with van der Waals surface area (Å²) in [6.45, 7) is 0.425. The van der Waals surface area contributed by atoms with Gasteiger partial charge in [0.2, 0.25) is 11.7 Å². The summed E-state index contributed by atoms with van der Waals surface area (Å²) in [6.07, 6.45) is 3.23. The minimum absolute atomic E-state index is 0.309. The van der Waals surface area contributed by atoms with Gasteiger partial charge in [-0.3, -0.25) is 4.79 Å². The number of hydrogen-bond acceptors (Lipinski definition) is 5. The number of carboxylic acid groups (broad SMARTS) is 1. The normalized spacial score (nSPS) is 18.4. The summed E-state index contributed by atoms with van der Waals surface area (Å²) in [5.41, 5.74) is 2.54. The Morgan fingerprint density at radius 3 is 2.61 bits per heavy atom. The molecule has 31 heavy (non-hydrogen) atoms. The fraction of sp³-hybridized carbons (Fsp3) is 0.304. The zero-order valence-corrected chi connectivity index (χ0v) is 17.4. The first kappa shape index (κ1) is 19.8. The molecule has 1 aliphatic heterocycles. The van der Waals surface area contributed by atoms with Crippen LogP contribution < -0.4 is 0 Å². The summed E-state index contributed by atoms with van der Waals surface area (Å²) < 4.78 is 5.43. The van der Waals surface area contributed by atoms with E-state index in [4.69, 9.17) is 16.1 Å². The topological polar surface area (TPSA) is 96.5 Å². The number of rotatable bonds is 5. The molecule has 0 radical (unpaired) electrons. The minimum Gasteiger partial charge on any atom is -0.480 e. The monoisotopic (exact) mass is 437 g/mol. The summed E-state index contributed by atoms with van der Waals surface area (Å²) in [7, 11) is 0. The Morgan fingerprint density at radius 2 is 1.87 bits per heavy atom. The summed E-state index contributed by atoms with van der Waals surface area (Å²) >= 11 is 6.47. The summed E-state index contributed by atoms with van der Waals surface area (Å²) in [4.78, 5) is 30.7. The first-order chi connectivity index (χ1) is 15.0. The molecule has 158 valence electrons. The highest BCUT2D eigenvalue weighted by Crippen LogP contribution is 2.41. The van der Waals surface area contributed by atoms with Gasteiger partial charge in [-0.05, 0) is 55.5 Å². The van der Waals surface area contributed by atoms with Crippen molar-refractivity contribution in [3.05, 3.63) is 58.9 Å². The minimum atomic E-state index is -0.979. The molecule has 1 amide bonds. The predicted molar refractivity (Wildman–Crippen MR) is 114 cm³/mol. The van der Waals surface area contributed by atoms with Crippen molar-refractivity contribution in [2.24, 2.45) is 0 Å². The van der Waals surface area contributed by atoms with E-state index in [1.165, 1.54) is 4.90 Å². The van der Waals surface area contributed by atoms with Crippen LogP contribution in [0.5, 0.6) is 0 Å². The van der Waals surface area contributed by atoms with Gasteiger partial charge in [-0.1, -0.05) is 35.0 Å². The molecule has 5 rings (SSSR count). The molecule has 1 aliphatic carbocycles. The number of likely N-dealkylation sites (tertiary alicyclic amines) is 1. The van der Waals surface area contributed by atoms with E-state index >= 15 is 0 Å². The molecule has 1 atom stereocenters. The average Bonchev–Trinajstić information content (AvgIpc) is 3.30. The van der Waals surface area contributed by atoms with Crippen LogP contribution >= 0.6 is 11.6 Å². The van der Waals surface area contributed by atoms with Crippen LogP contribution in [-0.4, -0.2) is 44.6 Å². The third kappa shape index (κ3) is 3.70. The Balaban J connectivity index is 1.58.